The summed E-state index contributed by atoms with van der Waals surface area (Å²) in [6.07, 6.45) is 0. The van der Waals surface area contributed by atoms with Gasteiger partial charge in [0.2, 0.25) is 0 Å². The van der Waals surface area contributed by atoms with Crippen LogP contribution in [0.5, 0.6) is 0 Å². The SMILES string of the molecule is O=[N+]([O-])c1cccc2nc3ccccc3c(NCCNCCNCCNc3c4ccccc4nc4cccc([N+](=O)[O-])c34)c12. The average molecular weight is 591 g/mol. The van der Waals surface area contributed by atoms with Crippen molar-refractivity contribution in [1.29, 1.82) is 0 Å². The number of nitro groups is 2. The number of nitro benzene ring substituents is 2. The summed E-state index contributed by atoms with van der Waals surface area (Å²) in [7, 11) is 0. The quantitative estimate of drug-likeness (QED) is 0.0576. The Labute approximate surface area is 251 Å². The molecule has 2 aromatic heterocycles. The first-order valence-corrected chi connectivity index (χ1v) is 14.3. The molecular weight excluding hydrogens is 560 g/mol. The minimum atomic E-state index is -0.371. The molecule has 12 heteroatoms. The molecule has 0 atom stereocenters. The third-order valence-corrected chi connectivity index (χ3v) is 7.45. The van der Waals surface area contributed by atoms with Crippen molar-refractivity contribution in [2.24, 2.45) is 0 Å². The van der Waals surface area contributed by atoms with Gasteiger partial charge in [0.25, 0.3) is 11.4 Å². The second-order valence-electron chi connectivity index (χ2n) is 10.2. The van der Waals surface area contributed by atoms with Gasteiger partial charge in [-0.15, -0.1) is 0 Å². The summed E-state index contributed by atoms with van der Waals surface area (Å²) in [5.74, 6) is 0. The third-order valence-electron chi connectivity index (χ3n) is 7.45. The lowest BCUT2D eigenvalue weighted by molar-refractivity contribution is -0.383. The van der Waals surface area contributed by atoms with Gasteiger partial charge in [-0.1, -0.05) is 48.5 Å². The van der Waals surface area contributed by atoms with E-state index in [1.807, 2.05) is 48.5 Å². The number of hydrogen-bond donors (Lipinski definition) is 4. The minimum absolute atomic E-state index is 0.0244. The minimum Gasteiger partial charge on any atom is -0.382 e. The average Bonchev–Trinajstić information content (AvgIpc) is 3.03. The van der Waals surface area contributed by atoms with Gasteiger partial charge < -0.3 is 21.3 Å². The van der Waals surface area contributed by atoms with Gasteiger partial charge in [-0.2, -0.15) is 0 Å². The smallest absolute Gasteiger partial charge is 0.280 e. The molecule has 0 aliphatic rings. The molecule has 6 aromatic rings. The number of para-hydroxylation sites is 2. The number of fused-ring (bicyclic) bond motifs is 4. The van der Waals surface area contributed by atoms with Crippen LogP contribution in [0.4, 0.5) is 22.7 Å². The zero-order valence-electron chi connectivity index (χ0n) is 23.7. The highest BCUT2D eigenvalue weighted by Crippen LogP contribution is 2.37. The lowest BCUT2D eigenvalue weighted by Gasteiger charge is -2.14. The Balaban J connectivity index is 1.03. The molecule has 0 bridgehead atoms. The van der Waals surface area contributed by atoms with E-state index in [-0.39, 0.29) is 21.2 Å². The highest BCUT2D eigenvalue weighted by Gasteiger charge is 2.20. The Kier molecular flexibility index (Phi) is 8.34. The summed E-state index contributed by atoms with van der Waals surface area (Å²) in [4.78, 5) is 32.0. The van der Waals surface area contributed by atoms with Gasteiger partial charge in [0.15, 0.2) is 0 Å². The number of anilines is 2. The molecule has 2 heterocycles. The molecule has 0 amide bonds. The third kappa shape index (κ3) is 5.76. The summed E-state index contributed by atoms with van der Waals surface area (Å²) in [6.45, 7) is 3.86. The second kappa shape index (κ2) is 12.8. The predicted molar refractivity (Wildman–Crippen MR) is 175 cm³/mol. The molecule has 0 aliphatic carbocycles. The zero-order chi connectivity index (χ0) is 30.5. The van der Waals surface area contributed by atoms with Crippen LogP contribution in [0.2, 0.25) is 0 Å². The Bertz CT molecular complexity index is 1870. The number of nitrogens with zero attached hydrogens (tertiary/aromatic N) is 4. The van der Waals surface area contributed by atoms with Crippen LogP contribution >= 0.6 is 0 Å². The van der Waals surface area contributed by atoms with E-state index in [0.29, 0.717) is 72.4 Å². The predicted octanol–water partition coefficient (Wildman–Crippen LogP) is 5.61. The van der Waals surface area contributed by atoms with E-state index < -0.39 is 0 Å². The van der Waals surface area contributed by atoms with Gasteiger partial charge in [0.05, 0.1) is 43.3 Å². The number of aromatic nitrogens is 2. The summed E-state index contributed by atoms with van der Waals surface area (Å²) in [6, 6.07) is 25.1. The summed E-state index contributed by atoms with van der Waals surface area (Å²) in [5.41, 5.74) is 4.17. The Hall–Kier alpha value is -5.46. The van der Waals surface area contributed by atoms with Gasteiger partial charge in [-0.05, 0) is 24.3 Å². The van der Waals surface area contributed by atoms with Crippen LogP contribution in [-0.4, -0.2) is 59.1 Å². The molecule has 0 radical (unpaired) electrons. The first-order valence-electron chi connectivity index (χ1n) is 14.3. The molecule has 0 spiro atoms. The van der Waals surface area contributed by atoms with Crippen molar-refractivity contribution in [2.75, 3.05) is 49.9 Å². The van der Waals surface area contributed by atoms with Crippen molar-refractivity contribution < 1.29 is 9.85 Å². The number of nitrogens with one attached hydrogen (secondary N) is 4. The normalized spacial score (nSPS) is 11.4. The maximum atomic E-state index is 11.8. The van der Waals surface area contributed by atoms with E-state index in [1.165, 1.54) is 12.1 Å². The standard InChI is InChI=1S/C32H30N8O4/c41-39(42)27-13-5-11-25-29(27)31(21-7-1-3-9-23(21)37-25)35-19-17-33-15-16-34-18-20-36-32-22-8-2-4-10-24(22)38-26-12-6-14-28(30(26)32)40(43)44/h1-14,33-34H,15-20H2,(H,35,37)(H,36,38). The van der Waals surface area contributed by atoms with Crippen molar-refractivity contribution >= 4 is 66.4 Å². The van der Waals surface area contributed by atoms with Crippen LogP contribution < -0.4 is 21.3 Å². The lowest BCUT2D eigenvalue weighted by atomic mass is 10.1. The fourth-order valence-corrected chi connectivity index (χ4v) is 5.50. The van der Waals surface area contributed by atoms with E-state index in [1.54, 1.807) is 24.3 Å². The number of hydrogen-bond acceptors (Lipinski definition) is 10. The van der Waals surface area contributed by atoms with Gasteiger partial charge in [-0.25, -0.2) is 9.97 Å². The molecule has 12 nitrogen and oxygen atoms in total. The largest absolute Gasteiger partial charge is 0.382 e. The van der Waals surface area contributed by atoms with Crippen molar-refractivity contribution in [3.05, 3.63) is 105 Å². The number of rotatable bonds is 13. The summed E-state index contributed by atoms with van der Waals surface area (Å²) in [5, 5.41) is 39.8. The molecule has 4 aromatic carbocycles. The Morgan fingerprint density at radius 1 is 0.500 bits per heavy atom. The fourth-order valence-electron chi connectivity index (χ4n) is 5.50. The molecule has 0 saturated carbocycles. The van der Waals surface area contributed by atoms with Crippen molar-refractivity contribution in [3.63, 3.8) is 0 Å². The number of pyridine rings is 2. The van der Waals surface area contributed by atoms with Crippen LogP contribution in [0.25, 0.3) is 43.6 Å². The highest BCUT2D eigenvalue weighted by molar-refractivity contribution is 6.12. The van der Waals surface area contributed by atoms with Crippen molar-refractivity contribution in [2.45, 2.75) is 0 Å². The molecule has 222 valence electrons. The van der Waals surface area contributed by atoms with Gasteiger partial charge in [0, 0.05) is 62.2 Å². The van der Waals surface area contributed by atoms with Crippen LogP contribution in [0, 0.1) is 20.2 Å². The van der Waals surface area contributed by atoms with Crippen molar-refractivity contribution in [1.82, 2.24) is 20.6 Å². The molecule has 0 unspecified atom stereocenters. The summed E-state index contributed by atoms with van der Waals surface area (Å²) < 4.78 is 0. The van der Waals surface area contributed by atoms with E-state index in [0.717, 1.165) is 21.8 Å². The van der Waals surface area contributed by atoms with E-state index in [4.69, 9.17) is 0 Å². The van der Waals surface area contributed by atoms with Crippen LogP contribution in [0.15, 0.2) is 84.9 Å². The zero-order valence-corrected chi connectivity index (χ0v) is 23.7. The van der Waals surface area contributed by atoms with Gasteiger partial charge >= 0.3 is 0 Å². The second-order valence-corrected chi connectivity index (χ2v) is 10.2. The van der Waals surface area contributed by atoms with E-state index >= 15 is 0 Å². The monoisotopic (exact) mass is 590 g/mol. The molecule has 6 rings (SSSR count). The Morgan fingerprint density at radius 3 is 1.32 bits per heavy atom. The highest BCUT2D eigenvalue weighted by atomic mass is 16.6. The van der Waals surface area contributed by atoms with Crippen molar-refractivity contribution in [3.8, 4) is 0 Å². The maximum Gasteiger partial charge on any atom is 0.280 e. The molecule has 4 N–H and O–H groups in total. The lowest BCUT2D eigenvalue weighted by Crippen LogP contribution is -2.32. The Morgan fingerprint density at radius 2 is 0.886 bits per heavy atom. The first kappa shape index (κ1) is 28.6. The maximum absolute atomic E-state index is 11.8. The molecule has 0 aliphatic heterocycles. The van der Waals surface area contributed by atoms with Gasteiger partial charge in [-0.3, -0.25) is 20.2 Å². The molecule has 0 saturated heterocycles. The molecule has 44 heavy (non-hydrogen) atoms. The first-order chi connectivity index (χ1) is 21.5. The molecular formula is C32H30N8O4. The van der Waals surface area contributed by atoms with E-state index in [2.05, 4.69) is 31.2 Å². The topological polar surface area (TPSA) is 160 Å². The fraction of sp³-hybridized carbons (Fsp3) is 0.188. The van der Waals surface area contributed by atoms with Crippen LogP contribution in [-0.2, 0) is 0 Å². The van der Waals surface area contributed by atoms with E-state index in [9.17, 15) is 20.2 Å². The molecule has 0 fully saturated rings. The van der Waals surface area contributed by atoms with Crippen LogP contribution in [0.1, 0.15) is 0 Å². The van der Waals surface area contributed by atoms with Gasteiger partial charge in [0.1, 0.15) is 10.8 Å². The summed E-state index contributed by atoms with van der Waals surface area (Å²) >= 11 is 0. The number of benzene rings is 4. The van der Waals surface area contributed by atoms with Crippen LogP contribution in [0.3, 0.4) is 0 Å². The number of non-ortho nitro benzene ring substituents is 2.